The smallest absolute Gasteiger partial charge is 0.0565 e. The zero-order valence-corrected chi connectivity index (χ0v) is 18.7. The molecule has 0 aliphatic carbocycles. The van der Waals surface area contributed by atoms with Gasteiger partial charge in [0.2, 0.25) is 0 Å². The van der Waals surface area contributed by atoms with Crippen LogP contribution in [0.5, 0.6) is 0 Å². The monoisotopic (exact) mass is 422 g/mol. The Labute approximate surface area is 186 Å². The molecule has 0 aromatic heterocycles. The molecule has 0 spiro atoms. The van der Waals surface area contributed by atoms with Crippen LogP contribution < -0.4 is 20.8 Å². The number of para-hydroxylation sites is 1. The van der Waals surface area contributed by atoms with Crippen molar-refractivity contribution < 1.29 is 0 Å². The Morgan fingerprint density at radius 3 is 1.81 bits per heavy atom. The Kier molecular flexibility index (Phi) is 7.26. The fourth-order valence-corrected chi connectivity index (χ4v) is 6.10. The zero-order valence-electron chi connectivity index (χ0n) is 17.8. The quantitative estimate of drug-likeness (QED) is 0.288. The van der Waals surface area contributed by atoms with Gasteiger partial charge in [-0.15, -0.1) is 0 Å². The maximum atomic E-state index is 4.64. The molecule has 0 atom stereocenters. The first-order chi connectivity index (χ1) is 15.3. The maximum Gasteiger partial charge on any atom is 0.0565 e. The van der Waals surface area contributed by atoms with Crippen LogP contribution in [0.15, 0.2) is 120 Å². The predicted molar refractivity (Wildman–Crippen MR) is 137 cm³/mol. The number of hydrogen-bond acceptors (Lipinski definition) is 2. The molecule has 0 fully saturated rings. The number of aliphatic imine (C=N–C) groups is 1. The molecule has 0 saturated carbocycles. The molecule has 0 aliphatic heterocycles. The fraction of sp³-hybridized carbons (Fsp3) is 0.107. The summed E-state index contributed by atoms with van der Waals surface area (Å²) in [6.07, 6.45) is 1.96. The topological polar surface area (TPSA) is 15.6 Å². The van der Waals surface area contributed by atoms with Gasteiger partial charge in [0.25, 0.3) is 0 Å². The highest BCUT2D eigenvalue weighted by atomic mass is 31.1. The van der Waals surface area contributed by atoms with E-state index in [9.17, 15) is 0 Å². The van der Waals surface area contributed by atoms with Crippen molar-refractivity contribution in [2.24, 2.45) is 4.99 Å². The van der Waals surface area contributed by atoms with Gasteiger partial charge in [-0.1, -0.05) is 109 Å². The second kappa shape index (κ2) is 10.7. The SMILES string of the molecule is CN(CCN=Cc1ccccc1)c1ccccc1P(c1ccccc1)c1ccccc1. The molecule has 0 N–H and O–H groups in total. The first kappa shape index (κ1) is 21.0. The van der Waals surface area contributed by atoms with Gasteiger partial charge in [-0.05, 0) is 30.2 Å². The molecule has 154 valence electrons. The number of hydrogen-bond donors (Lipinski definition) is 0. The van der Waals surface area contributed by atoms with Crippen molar-refractivity contribution in [1.82, 2.24) is 0 Å². The lowest BCUT2D eigenvalue weighted by atomic mass is 10.2. The third-order valence-electron chi connectivity index (χ3n) is 5.17. The van der Waals surface area contributed by atoms with Gasteiger partial charge < -0.3 is 4.90 Å². The highest BCUT2D eigenvalue weighted by Crippen LogP contribution is 2.36. The van der Waals surface area contributed by atoms with E-state index in [2.05, 4.69) is 114 Å². The summed E-state index contributed by atoms with van der Waals surface area (Å²) in [5.74, 6) is 0. The average molecular weight is 423 g/mol. The second-order valence-corrected chi connectivity index (χ2v) is 9.55. The number of anilines is 1. The highest BCUT2D eigenvalue weighted by molar-refractivity contribution is 7.80. The van der Waals surface area contributed by atoms with Crippen molar-refractivity contribution in [1.29, 1.82) is 0 Å². The van der Waals surface area contributed by atoms with E-state index in [1.807, 2.05) is 24.4 Å². The zero-order chi connectivity index (χ0) is 21.3. The molecule has 0 radical (unpaired) electrons. The Hall–Kier alpha value is -3.22. The molecule has 0 heterocycles. The molecule has 0 aliphatic rings. The third-order valence-corrected chi connectivity index (χ3v) is 7.66. The van der Waals surface area contributed by atoms with Crippen molar-refractivity contribution >= 4 is 35.7 Å². The van der Waals surface area contributed by atoms with E-state index in [4.69, 9.17) is 0 Å². The summed E-state index contributed by atoms with van der Waals surface area (Å²) in [5.41, 5.74) is 2.42. The third kappa shape index (κ3) is 5.48. The lowest BCUT2D eigenvalue weighted by molar-refractivity contribution is 0.891. The minimum absolute atomic E-state index is 0.634. The van der Waals surface area contributed by atoms with E-state index in [0.717, 1.165) is 18.7 Å². The molecule has 0 unspecified atom stereocenters. The first-order valence-corrected chi connectivity index (χ1v) is 11.9. The maximum absolute atomic E-state index is 4.64. The Morgan fingerprint density at radius 2 is 1.19 bits per heavy atom. The van der Waals surface area contributed by atoms with E-state index >= 15 is 0 Å². The van der Waals surface area contributed by atoms with E-state index in [0.29, 0.717) is 0 Å². The van der Waals surface area contributed by atoms with Gasteiger partial charge in [-0.3, -0.25) is 4.99 Å². The summed E-state index contributed by atoms with van der Waals surface area (Å²) in [4.78, 5) is 6.97. The van der Waals surface area contributed by atoms with Gasteiger partial charge in [0.1, 0.15) is 0 Å². The number of nitrogens with zero attached hydrogens (tertiary/aromatic N) is 2. The van der Waals surface area contributed by atoms with Crippen molar-refractivity contribution in [3.8, 4) is 0 Å². The standard InChI is InChI=1S/C28H27N2P/c1-30(22-21-29-23-24-13-5-2-6-14-24)27-19-11-12-20-28(27)31(25-15-7-3-8-16-25)26-17-9-4-10-18-26/h2-20,23H,21-22H2,1H3. The van der Waals surface area contributed by atoms with Gasteiger partial charge in [-0.2, -0.15) is 0 Å². The van der Waals surface area contributed by atoms with Crippen LogP contribution >= 0.6 is 7.92 Å². The highest BCUT2D eigenvalue weighted by Gasteiger charge is 2.20. The summed E-state index contributed by atoms with van der Waals surface area (Å²) in [6, 6.07) is 40.8. The van der Waals surface area contributed by atoms with Gasteiger partial charge in [0.05, 0.1) is 6.54 Å². The average Bonchev–Trinajstić information content (AvgIpc) is 2.84. The molecular formula is C28H27N2P. The van der Waals surface area contributed by atoms with Crippen LogP contribution in [0.4, 0.5) is 5.69 Å². The molecular weight excluding hydrogens is 395 g/mol. The molecule has 0 bridgehead atoms. The van der Waals surface area contributed by atoms with Crippen LogP contribution in [0.3, 0.4) is 0 Å². The van der Waals surface area contributed by atoms with Crippen LogP contribution in [-0.4, -0.2) is 26.4 Å². The second-order valence-electron chi connectivity index (χ2n) is 7.36. The van der Waals surface area contributed by atoms with Crippen molar-refractivity contribution in [3.05, 3.63) is 121 Å². The van der Waals surface area contributed by atoms with Crippen LogP contribution in [0, 0.1) is 0 Å². The Morgan fingerprint density at radius 1 is 0.677 bits per heavy atom. The van der Waals surface area contributed by atoms with E-state index in [1.165, 1.54) is 21.6 Å². The molecule has 4 aromatic rings. The molecule has 0 amide bonds. The lowest BCUT2D eigenvalue weighted by Crippen LogP contribution is -2.29. The molecule has 4 rings (SSSR count). The number of rotatable bonds is 8. The van der Waals surface area contributed by atoms with Gasteiger partial charge in [0, 0.05) is 30.8 Å². The summed E-state index contributed by atoms with van der Waals surface area (Å²) in [7, 11) is 1.53. The van der Waals surface area contributed by atoms with Gasteiger partial charge in [-0.25, -0.2) is 0 Å². The van der Waals surface area contributed by atoms with Crippen LogP contribution in [0.2, 0.25) is 0 Å². The van der Waals surface area contributed by atoms with E-state index in [-0.39, 0.29) is 0 Å². The summed E-state index contributed by atoms with van der Waals surface area (Å²) in [6.45, 7) is 1.63. The molecule has 31 heavy (non-hydrogen) atoms. The summed E-state index contributed by atoms with van der Waals surface area (Å²) < 4.78 is 0. The van der Waals surface area contributed by atoms with E-state index < -0.39 is 7.92 Å². The Balaban J connectivity index is 1.59. The van der Waals surface area contributed by atoms with Crippen molar-refractivity contribution in [2.45, 2.75) is 0 Å². The number of likely N-dealkylation sites (N-methyl/N-ethyl adjacent to an activating group) is 1. The van der Waals surface area contributed by atoms with Crippen LogP contribution in [-0.2, 0) is 0 Å². The van der Waals surface area contributed by atoms with Gasteiger partial charge in [0.15, 0.2) is 0 Å². The molecule has 3 heteroatoms. The fourth-order valence-electron chi connectivity index (χ4n) is 3.59. The largest absolute Gasteiger partial charge is 0.372 e. The predicted octanol–water partition coefficient (Wildman–Crippen LogP) is 5.00. The molecule has 2 nitrogen and oxygen atoms in total. The van der Waals surface area contributed by atoms with E-state index in [1.54, 1.807) is 0 Å². The van der Waals surface area contributed by atoms with Crippen molar-refractivity contribution in [3.63, 3.8) is 0 Å². The number of benzene rings is 4. The summed E-state index contributed by atoms with van der Waals surface area (Å²) >= 11 is 0. The van der Waals surface area contributed by atoms with Crippen molar-refractivity contribution in [2.75, 3.05) is 25.0 Å². The minimum atomic E-state index is -0.634. The summed E-state index contributed by atoms with van der Waals surface area (Å²) in [5, 5.41) is 4.11. The normalized spacial score (nSPS) is 11.2. The molecule has 4 aromatic carbocycles. The molecule has 0 saturated heterocycles. The minimum Gasteiger partial charge on any atom is -0.372 e. The first-order valence-electron chi connectivity index (χ1n) is 10.6. The lowest BCUT2D eigenvalue weighted by Gasteiger charge is -2.27. The Bertz CT molecular complexity index is 1060. The van der Waals surface area contributed by atoms with Crippen LogP contribution in [0.25, 0.3) is 0 Å². The van der Waals surface area contributed by atoms with Crippen LogP contribution in [0.1, 0.15) is 5.56 Å². The van der Waals surface area contributed by atoms with Gasteiger partial charge >= 0.3 is 0 Å².